The lowest BCUT2D eigenvalue weighted by Gasteiger charge is -2.57. The average Bonchev–Trinajstić information content (AvgIpc) is 2.89. The van der Waals surface area contributed by atoms with Crippen LogP contribution in [0, 0.1) is 34.3 Å². The van der Waals surface area contributed by atoms with Gasteiger partial charge in [-0.3, -0.25) is 24.6 Å². The van der Waals surface area contributed by atoms with Crippen LogP contribution in [-0.4, -0.2) is 77.3 Å². The number of benzene rings is 1. The molecular weight excluding hydrogens is 468 g/mol. The van der Waals surface area contributed by atoms with E-state index in [0.717, 1.165) is 51.4 Å². The number of piperazine rings is 1. The highest BCUT2D eigenvalue weighted by molar-refractivity contribution is 5.95. The van der Waals surface area contributed by atoms with Crippen molar-refractivity contribution in [2.45, 2.75) is 59.8 Å². The number of rotatable bonds is 10. The molecule has 5 rings (SSSR count). The molecule has 37 heavy (non-hydrogen) atoms. The molecule has 1 aliphatic heterocycles. The number of carbonyl (C=O) groups excluding carboxylic acids is 2. The average molecular weight is 511 g/mol. The Morgan fingerprint density at radius 3 is 2.54 bits per heavy atom. The molecule has 0 spiro atoms. The van der Waals surface area contributed by atoms with E-state index in [-0.39, 0.29) is 17.5 Å². The monoisotopic (exact) mass is 510 g/mol. The van der Waals surface area contributed by atoms with E-state index in [1.807, 2.05) is 0 Å². The minimum atomic E-state index is -0.439. The van der Waals surface area contributed by atoms with Crippen molar-refractivity contribution in [1.29, 1.82) is 0 Å². The summed E-state index contributed by atoms with van der Waals surface area (Å²) in [5.41, 5.74) is 2.68. The maximum absolute atomic E-state index is 13.1. The molecule has 2 bridgehead atoms. The molecule has 8 heteroatoms. The first-order chi connectivity index (χ1) is 17.6. The van der Waals surface area contributed by atoms with Gasteiger partial charge < -0.3 is 9.80 Å². The Morgan fingerprint density at radius 2 is 1.92 bits per heavy atom. The summed E-state index contributed by atoms with van der Waals surface area (Å²) in [4.78, 5) is 43.1. The fourth-order valence-corrected chi connectivity index (χ4v) is 6.21. The Labute approximate surface area is 220 Å². The number of hydrogen-bond donors (Lipinski definition) is 0. The number of allylic oxidation sites excluding steroid dienone is 1. The maximum Gasteiger partial charge on any atom is 0.273 e. The Kier molecular flexibility index (Phi) is 8.36. The number of carbonyl (C=O) groups is 2. The molecule has 3 aliphatic carbocycles. The van der Waals surface area contributed by atoms with Crippen LogP contribution in [-0.2, 0) is 4.79 Å². The number of aryl methyl sites for hydroxylation is 1. The van der Waals surface area contributed by atoms with Gasteiger partial charge in [0.15, 0.2) is 0 Å². The van der Waals surface area contributed by atoms with Crippen molar-refractivity contribution in [2.75, 3.05) is 45.8 Å². The fraction of sp³-hybridized carbons (Fsp3) is 0.655. The second-order valence-electron chi connectivity index (χ2n) is 11.6. The van der Waals surface area contributed by atoms with Gasteiger partial charge in [0.25, 0.3) is 11.6 Å². The molecule has 202 valence electrons. The Bertz CT molecular complexity index is 1060. The summed E-state index contributed by atoms with van der Waals surface area (Å²) in [6.07, 6.45) is 7.32. The minimum absolute atomic E-state index is 0.0220. The third-order valence-corrected chi connectivity index (χ3v) is 9.05. The molecule has 1 saturated carbocycles. The first kappa shape index (κ1) is 27.3. The zero-order valence-corrected chi connectivity index (χ0v) is 22.9. The van der Waals surface area contributed by atoms with Gasteiger partial charge in [0.2, 0.25) is 5.91 Å². The third-order valence-electron chi connectivity index (χ3n) is 9.05. The number of amides is 2. The summed E-state index contributed by atoms with van der Waals surface area (Å²) in [7, 11) is 0. The van der Waals surface area contributed by atoms with Crippen LogP contribution in [0.15, 0.2) is 29.8 Å². The molecule has 1 aromatic carbocycles. The van der Waals surface area contributed by atoms with E-state index in [9.17, 15) is 19.7 Å². The van der Waals surface area contributed by atoms with Crippen LogP contribution in [0.4, 0.5) is 5.69 Å². The van der Waals surface area contributed by atoms with Gasteiger partial charge in [-0.1, -0.05) is 44.9 Å². The lowest BCUT2D eigenvalue weighted by molar-refractivity contribution is -0.385. The highest BCUT2D eigenvalue weighted by Gasteiger charge is 2.51. The molecule has 1 heterocycles. The van der Waals surface area contributed by atoms with Crippen LogP contribution in [0.2, 0.25) is 0 Å². The molecule has 8 nitrogen and oxygen atoms in total. The topological polar surface area (TPSA) is 87.0 Å². The third kappa shape index (κ3) is 5.89. The second-order valence-corrected chi connectivity index (χ2v) is 11.6. The van der Waals surface area contributed by atoms with Crippen molar-refractivity contribution in [3.8, 4) is 0 Å². The molecule has 0 N–H and O–H groups in total. The molecule has 2 unspecified atom stereocenters. The van der Waals surface area contributed by atoms with Crippen LogP contribution in [0.5, 0.6) is 0 Å². The molecule has 1 aromatic rings. The van der Waals surface area contributed by atoms with Gasteiger partial charge in [-0.2, -0.15) is 0 Å². The van der Waals surface area contributed by atoms with E-state index in [1.54, 1.807) is 24.0 Å². The standard InChI is InChI=1S/C29H42N4O4/c1-5-6-7-27(34)32(20-23-10-11-24-19-25(23)29(24,3)4)17-14-30-12-15-31(16-13-30)28(35)22-9-8-21(2)26(18-22)33(36)37/h8-10,18,24-25H,5-7,11-17,19-20H2,1-4H3. The number of nitrogens with zero attached hydrogens (tertiary/aromatic N) is 4. The number of nitro benzene ring substituents is 1. The molecule has 0 aromatic heterocycles. The van der Waals surface area contributed by atoms with Crippen LogP contribution in [0.1, 0.15) is 68.8 Å². The normalized spacial score (nSPS) is 22.7. The smallest absolute Gasteiger partial charge is 0.273 e. The van der Waals surface area contributed by atoms with Gasteiger partial charge >= 0.3 is 0 Å². The summed E-state index contributed by atoms with van der Waals surface area (Å²) >= 11 is 0. The summed E-state index contributed by atoms with van der Waals surface area (Å²) in [5.74, 6) is 1.47. The highest BCUT2D eigenvalue weighted by Crippen LogP contribution is 2.59. The van der Waals surface area contributed by atoms with Crippen LogP contribution in [0.3, 0.4) is 0 Å². The lowest BCUT2D eigenvalue weighted by Crippen LogP contribution is -2.52. The molecular formula is C29H42N4O4. The van der Waals surface area contributed by atoms with E-state index in [0.29, 0.717) is 48.5 Å². The quantitative estimate of drug-likeness (QED) is 0.259. The van der Waals surface area contributed by atoms with Gasteiger partial charge in [-0.25, -0.2) is 0 Å². The van der Waals surface area contributed by atoms with E-state index in [2.05, 4.69) is 36.6 Å². The van der Waals surface area contributed by atoms with Crippen LogP contribution < -0.4 is 0 Å². The maximum atomic E-state index is 13.1. The summed E-state index contributed by atoms with van der Waals surface area (Å²) in [6.45, 7) is 13.4. The van der Waals surface area contributed by atoms with Gasteiger partial charge in [0.05, 0.1) is 4.92 Å². The Balaban J connectivity index is 1.32. The zero-order chi connectivity index (χ0) is 26.7. The zero-order valence-electron chi connectivity index (χ0n) is 22.9. The minimum Gasteiger partial charge on any atom is -0.337 e. The van der Waals surface area contributed by atoms with E-state index in [1.165, 1.54) is 18.1 Å². The molecule has 4 aliphatic rings. The molecule has 0 radical (unpaired) electrons. The van der Waals surface area contributed by atoms with Crippen molar-refractivity contribution in [3.05, 3.63) is 51.1 Å². The number of nitro groups is 1. The van der Waals surface area contributed by atoms with Gasteiger partial charge in [-0.15, -0.1) is 0 Å². The Morgan fingerprint density at radius 1 is 1.19 bits per heavy atom. The van der Waals surface area contributed by atoms with E-state index >= 15 is 0 Å². The first-order valence-electron chi connectivity index (χ1n) is 13.8. The predicted octanol–water partition coefficient (Wildman–Crippen LogP) is 4.67. The largest absolute Gasteiger partial charge is 0.337 e. The molecule has 2 fully saturated rings. The fourth-order valence-electron chi connectivity index (χ4n) is 6.21. The number of unbranched alkanes of at least 4 members (excludes halogenated alkanes) is 1. The van der Waals surface area contributed by atoms with Crippen molar-refractivity contribution in [3.63, 3.8) is 0 Å². The summed E-state index contributed by atoms with van der Waals surface area (Å²) < 4.78 is 0. The van der Waals surface area contributed by atoms with E-state index < -0.39 is 4.92 Å². The van der Waals surface area contributed by atoms with E-state index in [4.69, 9.17) is 0 Å². The molecule has 2 atom stereocenters. The van der Waals surface area contributed by atoms with Gasteiger partial charge in [0.1, 0.15) is 0 Å². The van der Waals surface area contributed by atoms with Crippen molar-refractivity contribution in [2.24, 2.45) is 17.3 Å². The second kappa shape index (κ2) is 11.3. The first-order valence-corrected chi connectivity index (χ1v) is 13.8. The number of fused-ring (bicyclic) bond motifs is 1. The van der Waals surface area contributed by atoms with Crippen molar-refractivity contribution >= 4 is 17.5 Å². The van der Waals surface area contributed by atoms with Crippen LogP contribution >= 0.6 is 0 Å². The highest BCUT2D eigenvalue weighted by atomic mass is 16.6. The predicted molar refractivity (Wildman–Crippen MR) is 144 cm³/mol. The summed E-state index contributed by atoms with van der Waals surface area (Å²) in [6, 6.07) is 4.69. The van der Waals surface area contributed by atoms with Gasteiger partial charge in [-0.05, 0) is 49.5 Å². The summed E-state index contributed by atoms with van der Waals surface area (Å²) in [5, 5.41) is 11.3. The Hall–Kier alpha value is -2.74. The van der Waals surface area contributed by atoms with Crippen molar-refractivity contribution in [1.82, 2.24) is 14.7 Å². The number of hydrogen-bond acceptors (Lipinski definition) is 5. The lowest BCUT2D eigenvalue weighted by atomic mass is 9.49. The molecule has 1 saturated heterocycles. The molecule has 2 amide bonds. The van der Waals surface area contributed by atoms with Gasteiger partial charge in [0, 0.05) is 69.4 Å². The SMILES string of the molecule is CCCCC(=O)N(CCN1CCN(C(=O)c2ccc(C)c([N+](=O)[O-])c2)CC1)CC1=CCC2CC1C2(C)C. The van der Waals surface area contributed by atoms with Crippen molar-refractivity contribution < 1.29 is 14.5 Å². The van der Waals surface area contributed by atoms with Crippen LogP contribution in [0.25, 0.3) is 0 Å².